The maximum atomic E-state index is 9.58. The minimum atomic E-state index is 0.118. The summed E-state index contributed by atoms with van der Waals surface area (Å²) in [6.07, 6.45) is 0. The largest absolute Gasteiger partial charge is 0.394 e. The van der Waals surface area contributed by atoms with Crippen molar-refractivity contribution in [1.82, 2.24) is 5.32 Å². The molecule has 4 heteroatoms. The van der Waals surface area contributed by atoms with E-state index in [4.69, 9.17) is 11.6 Å². The Hall–Kier alpha value is -0.770. The van der Waals surface area contributed by atoms with E-state index < -0.39 is 0 Å². The SMILES string of the molecule is Cc1ccc(Cl)cc1N1CC(C)CNCC1CO. The third-order valence-electron chi connectivity index (χ3n) is 3.51. The minimum absolute atomic E-state index is 0.118. The van der Waals surface area contributed by atoms with Gasteiger partial charge in [-0.2, -0.15) is 0 Å². The second-order valence-electron chi connectivity index (χ2n) is 5.18. The lowest BCUT2D eigenvalue weighted by atomic mass is 10.1. The summed E-state index contributed by atoms with van der Waals surface area (Å²) in [5.41, 5.74) is 2.34. The Bertz CT molecular complexity index is 411. The molecule has 1 aromatic rings. The minimum Gasteiger partial charge on any atom is -0.394 e. The average molecular weight is 269 g/mol. The molecule has 2 N–H and O–H groups in total. The van der Waals surface area contributed by atoms with Crippen LogP contribution < -0.4 is 10.2 Å². The first-order valence-electron chi connectivity index (χ1n) is 6.46. The van der Waals surface area contributed by atoms with Gasteiger partial charge in [0.05, 0.1) is 12.6 Å². The Morgan fingerprint density at radius 1 is 1.44 bits per heavy atom. The predicted molar refractivity (Wildman–Crippen MR) is 76.4 cm³/mol. The van der Waals surface area contributed by atoms with E-state index >= 15 is 0 Å². The van der Waals surface area contributed by atoms with Crippen molar-refractivity contribution >= 4 is 17.3 Å². The summed E-state index contributed by atoms with van der Waals surface area (Å²) in [7, 11) is 0. The number of benzene rings is 1. The normalized spacial score (nSPS) is 25.0. The van der Waals surface area contributed by atoms with E-state index in [9.17, 15) is 5.11 Å². The van der Waals surface area contributed by atoms with E-state index in [1.54, 1.807) is 0 Å². The molecule has 1 saturated heterocycles. The lowest BCUT2D eigenvalue weighted by Gasteiger charge is -2.33. The van der Waals surface area contributed by atoms with Crippen LogP contribution in [0, 0.1) is 12.8 Å². The summed E-state index contributed by atoms with van der Waals surface area (Å²) >= 11 is 6.10. The van der Waals surface area contributed by atoms with E-state index in [1.807, 2.05) is 18.2 Å². The van der Waals surface area contributed by atoms with Gasteiger partial charge < -0.3 is 15.3 Å². The van der Waals surface area contributed by atoms with Crippen LogP contribution >= 0.6 is 11.6 Å². The quantitative estimate of drug-likeness (QED) is 0.862. The van der Waals surface area contributed by atoms with Gasteiger partial charge in [-0.25, -0.2) is 0 Å². The van der Waals surface area contributed by atoms with Gasteiger partial charge in [0.2, 0.25) is 0 Å². The molecular formula is C14H21ClN2O. The highest BCUT2D eigenvalue weighted by Crippen LogP contribution is 2.27. The molecule has 0 saturated carbocycles. The fourth-order valence-electron chi connectivity index (χ4n) is 2.51. The van der Waals surface area contributed by atoms with Crippen LogP contribution in [0.2, 0.25) is 5.02 Å². The molecule has 100 valence electrons. The molecule has 1 aliphatic rings. The fraction of sp³-hybridized carbons (Fsp3) is 0.571. The maximum absolute atomic E-state index is 9.58. The molecule has 18 heavy (non-hydrogen) atoms. The number of aliphatic hydroxyl groups is 1. The highest BCUT2D eigenvalue weighted by atomic mass is 35.5. The number of rotatable bonds is 2. The lowest BCUT2D eigenvalue weighted by Crippen LogP contribution is -2.43. The summed E-state index contributed by atoms with van der Waals surface area (Å²) in [4.78, 5) is 2.28. The van der Waals surface area contributed by atoms with Crippen molar-refractivity contribution in [3.8, 4) is 0 Å². The molecule has 1 aliphatic heterocycles. The zero-order chi connectivity index (χ0) is 13.1. The third kappa shape index (κ3) is 2.97. The van der Waals surface area contributed by atoms with Crippen molar-refractivity contribution in [1.29, 1.82) is 0 Å². The van der Waals surface area contributed by atoms with Gasteiger partial charge in [0.25, 0.3) is 0 Å². The van der Waals surface area contributed by atoms with E-state index in [0.29, 0.717) is 5.92 Å². The summed E-state index contributed by atoms with van der Waals surface area (Å²) < 4.78 is 0. The Morgan fingerprint density at radius 2 is 2.22 bits per heavy atom. The van der Waals surface area contributed by atoms with Crippen molar-refractivity contribution in [2.45, 2.75) is 19.9 Å². The number of aliphatic hydroxyl groups excluding tert-OH is 1. The molecule has 2 unspecified atom stereocenters. The molecule has 0 aliphatic carbocycles. The molecule has 1 fully saturated rings. The Morgan fingerprint density at radius 3 is 2.94 bits per heavy atom. The Balaban J connectivity index is 2.34. The monoisotopic (exact) mass is 268 g/mol. The van der Waals surface area contributed by atoms with Gasteiger partial charge in [-0.3, -0.25) is 0 Å². The van der Waals surface area contributed by atoms with Crippen LogP contribution in [0.25, 0.3) is 0 Å². The summed E-state index contributed by atoms with van der Waals surface area (Å²) in [6, 6.07) is 6.06. The molecule has 0 radical (unpaired) electrons. The highest BCUT2D eigenvalue weighted by Gasteiger charge is 2.24. The van der Waals surface area contributed by atoms with Gasteiger partial charge in [0.1, 0.15) is 0 Å². The van der Waals surface area contributed by atoms with Gasteiger partial charge in [0, 0.05) is 23.8 Å². The van der Waals surface area contributed by atoms with E-state index in [1.165, 1.54) is 5.56 Å². The van der Waals surface area contributed by atoms with Gasteiger partial charge in [-0.15, -0.1) is 0 Å². The number of hydrogen-bond donors (Lipinski definition) is 2. The first-order chi connectivity index (χ1) is 8.61. The third-order valence-corrected chi connectivity index (χ3v) is 3.75. The van der Waals surface area contributed by atoms with Crippen molar-refractivity contribution in [3.63, 3.8) is 0 Å². The molecule has 0 bridgehead atoms. The molecule has 0 aromatic heterocycles. The van der Waals surface area contributed by atoms with E-state index in [-0.39, 0.29) is 12.6 Å². The molecule has 0 spiro atoms. The van der Waals surface area contributed by atoms with Crippen LogP contribution in [0.4, 0.5) is 5.69 Å². The lowest BCUT2D eigenvalue weighted by molar-refractivity contribution is 0.259. The smallest absolute Gasteiger partial charge is 0.0647 e. The standard InChI is InChI=1S/C14H21ClN2O/c1-10-6-16-7-13(9-18)17(8-10)14-5-12(15)4-3-11(14)2/h3-5,10,13,16,18H,6-9H2,1-2H3. The second kappa shape index (κ2) is 5.91. The predicted octanol–water partition coefficient (Wildman–Crippen LogP) is 2.06. The Kier molecular flexibility index (Phi) is 4.49. The molecule has 2 rings (SSSR count). The highest BCUT2D eigenvalue weighted by molar-refractivity contribution is 6.30. The summed E-state index contributed by atoms with van der Waals surface area (Å²) in [5.74, 6) is 0.555. The van der Waals surface area contributed by atoms with Crippen LogP contribution in [-0.2, 0) is 0 Å². The molecule has 2 atom stereocenters. The van der Waals surface area contributed by atoms with Crippen LogP contribution in [0.5, 0.6) is 0 Å². The number of hydrogen-bond acceptors (Lipinski definition) is 3. The van der Waals surface area contributed by atoms with Gasteiger partial charge in [-0.05, 0) is 37.1 Å². The topological polar surface area (TPSA) is 35.5 Å². The first kappa shape index (κ1) is 13.7. The van der Waals surface area contributed by atoms with Crippen molar-refractivity contribution in [3.05, 3.63) is 28.8 Å². The van der Waals surface area contributed by atoms with Crippen molar-refractivity contribution in [2.75, 3.05) is 31.1 Å². The molecule has 3 nitrogen and oxygen atoms in total. The maximum Gasteiger partial charge on any atom is 0.0647 e. The second-order valence-corrected chi connectivity index (χ2v) is 5.62. The average Bonchev–Trinajstić information content (AvgIpc) is 2.53. The fourth-order valence-corrected chi connectivity index (χ4v) is 2.67. The van der Waals surface area contributed by atoms with E-state index in [2.05, 4.69) is 24.1 Å². The zero-order valence-electron chi connectivity index (χ0n) is 11.0. The van der Waals surface area contributed by atoms with Gasteiger partial charge >= 0.3 is 0 Å². The summed E-state index contributed by atoms with van der Waals surface area (Å²) in [6.45, 7) is 7.22. The van der Waals surface area contributed by atoms with Crippen LogP contribution in [0.15, 0.2) is 18.2 Å². The number of anilines is 1. The number of aryl methyl sites for hydroxylation is 1. The van der Waals surface area contributed by atoms with Crippen molar-refractivity contribution in [2.24, 2.45) is 5.92 Å². The molecule has 1 aromatic carbocycles. The number of halogens is 1. The molecule has 1 heterocycles. The number of nitrogens with zero attached hydrogens (tertiary/aromatic N) is 1. The van der Waals surface area contributed by atoms with Gasteiger partial charge in [-0.1, -0.05) is 24.6 Å². The van der Waals surface area contributed by atoms with E-state index in [0.717, 1.165) is 30.3 Å². The Labute approximate surface area is 114 Å². The van der Waals surface area contributed by atoms with Crippen LogP contribution in [-0.4, -0.2) is 37.4 Å². The first-order valence-corrected chi connectivity index (χ1v) is 6.84. The summed E-state index contributed by atoms with van der Waals surface area (Å²) in [5, 5.41) is 13.7. The van der Waals surface area contributed by atoms with Crippen molar-refractivity contribution < 1.29 is 5.11 Å². The molecule has 0 amide bonds. The van der Waals surface area contributed by atoms with Crippen LogP contribution in [0.3, 0.4) is 0 Å². The number of nitrogens with one attached hydrogen (secondary N) is 1. The van der Waals surface area contributed by atoms with Crippen LogP contribution in [0.1, 0.15) is 12.5 Å². The van der Waals surface area contributed by atoms with Gasteiger partial charge in [0.15, 0.2) is 0 Å². The zero-order valence-corrected chi connectivity index (χ0v) is 11.7. The molecular weight excluding hydrogens is 248 g/mol.